The van der Waals surface area contributed by atoms with Crippen LogP contribution in [0.3, 0.4) is 0 Å². The van der Waals surface area contributed by atoms with Crippen molar-refractivity contribution in [3.63, 3.8) is 0 Å². The Labute approximate surface area is 151 Å². The number of ether oxygens (including phenoxy) is 2. The standard InChI is InChI=1S/C17H22N4O3S/c1-2-23-15(22)13-24-17-16(18-25-19-17)21-10-8-20(9-11-21)12-14-6-4-3-5-7-14/h3-7H,2,8-13H2,1H3. The fourth-order valence-electron chi connectivity index (χ4n) is 2.75. The molecule has 0 bridgehead atoms. The van der Waals surface area contributed by atoms with Crippen LogP contribution in [-0.2, 0) is 16.1 Å². The lowest BCUT2D eigenvalue weighted by molar-refractivity contribution is -0.145. The topological polar surface area (TPSA) is 67.8 Å². The highest BCUT2D eigenvalue weighted by Crippen LogP contribution is 2.26. The molecule has 0 radical (unpaired) electrons. The summed E-state index contributed by atoms with van der Waals surface area (Å²) in [7, 11) is 0. The summed E-state index contributed by atoms with van der Waals surface area (Å²) in [6.45, 7) is 6.53. The van der Waals surface area contributed by atoms with E-state index in [2.05, 4.69) is 42.8 Å². The molecule has 2 heterocycles. The minimum absolute atomic E-state index is 0.139. The first-order chi connectivity index (χ1) is 12.3. The molecule has 1 fully saturated rings. The molecule has 8 heteroatoms. The highest BCUT2D eigenvalue weighted by atomic mass is 32.1. The van der Waals surface area contributed by atoms with Crippen molar-refractivity contribution in [1.29, 1.82) is 0 Å². The first-order valence-corrected chi connectivity index (χ1v) is 9.11. The van der Waals surface area contributed by atoms with Gasteiger partial charge in [0, 0.05) is 32.7 Å². The van der Waals surface area contributed by atoms with E-state index in [1.54, 1.807) is 6.92 Å². The lowest BCUT2D eigenvalue weighted by Crippen LogP contribution is -2.46. The van der Waals surface area contributed by atoms with Crippen LogP contribution in [0.1, 0.15) is 12.5 Å². The first-order valence-electron chi connectivity index (χ1n) is 8.38. The zero-order valence-electron chi connectivity index (χ0n) is 14.3. The average molecular weight is 362 g/mol. The summed E-state index contributed by atoms with van der Waals surface area (Å²) < 4.78 is 18.8. The number of benzene rings is 1. The number of anilines is 1. The van der Waals surface area contributed by atoms with Gasteiger partial charge in [0.05, 0.1) is 18.3 Å². The Morgan fingerprint density at radius 3 is 2.64 bits per heavy atom. The Bertz CT molecular complexity index is 672. The van der Waals surface area contributed by atoms with Gasteiger partial charge in [0.2, 0.25) is 5.82 Å². The maximum absolute atomic E-state index is 11.4. The first kappa shape index (κ1) is 17.6. The largest absolute Gasteiger partial charge is 0.463 e. The van der Waals surface area contributed by atoms with E-state index in [4.69, 9.17) is 9.47 Å². The summed E-state index contributed by atoms with van der Waals surface area (Å²) in [5, 5.41) is 0. The lowest BCUT2D eigenvalue weighted by Gasteiger charge is -2.34. The van der Waals surface area contributed by atoms with Crippen LogP contribution in [0.25, 0.3) is 0 Å². The Morgan fingerprint density at radius 1 is 1.16 bits per heavy atom. The molecule has 134 valence electrons. The van der Waals surface area contributed by atoms with Gasteiger partial charge in [0.1, 0.15) is 0 Å². The van der Waals surface area contributed by atoms with Gasteiger partial charge in [0.25, 0.3) is 5.88 Å². The highest BCUT2D eigenvalue weighted by Gasteiger charge is 2.23. The number of hydrogen-bond acceptors (Lipinski definition) is 8. The molecule has 1 aliphatic heterocycles. The van der Waals surface area contributed by atoms with Crippen molar-refractivity contribution in [2.24, 2.45) is 0 Å². The van der Waals surface area contributed by atoms with E-state index in [1.807, 2.05) is 6.07 Å². The predicted molar refractivity (Wildman–Crippen MR) is 96.0 cm³/mol. The lowest BCUT2D eigenvalue weighted by atomic mass is 10.2. The zero-order chi connectivity index (χ0) is 17.5. The second-order valence-corrected chi connectivity index (χ2v) is 6.26. The third-order valence-electron chi connectivity index (χ3n) is 4.00. The van der Waals surface area contributed by atoms with Crippen molar-refractivity contribution in [2.45, 2.75) is 13.5 Å². The number of carbonyl (C=O) groups excluding carboxylic acids is 1. The summed E-state index contributed by atoms with van der Waals surface area (Å²) in [6.07, 6.45) is 0. The van der Waals surface area contributed by atoms with E-state index in [9.17, 15) is 4.79 Å². The molecule has 7 nitrogen and oxygen atoms in total. The van der Waals surface area contributed by atoms with Gasteiger partial charge in [-0.05, 0) is 12.5 Å². The predicted octanol–water partition coefficient (Wildman–Crippen LogP) is 1.80. The second kappa shape index (κ2) is 8.77. The Kier molecular flexibility index (Phi) is 6.19. The number of nitrogens with zero attached hydrogens (tertiary/aromatic N) is 4. The van der Waals surface area contributed by atoms with Crippen molar-refractivity contribution in [2.75, 3.05) is 44.3 Å². The molecular formula is C17H22N4O3S. The van der Waals surface area contributed by atoms with Gasteiger partial charge >= 0.3 is 5.97 Å². The normalized spacial score (nSPS) is 15.2. The van der Waals surface area contributed by atoms with Gasteiger partial charge in [-0.1, -0.05) is 30.3 Å². The number of carbonyl (C=O) groups is 1. The molecule has 0 saturated carbocycles. The van der Waals surface area contributed by atoms with Crippen LogP contribution in [0.15, 0.2) is 30.3 Å². The van der Waals surface area contributed by atoms with Gasteiger partial charge in [-0.3, -0.25) is 4.90 Å². The van der Waals surface area contributed by atoms with Crippen LogP contribution in [0.5, 0.6) is 5.88 Å². The van der Waals surface area contributed by atoms with E-state index in [1.165, 1.54) is 5.56 Å². The van der Waals surface area contributed by atoms with Gasteiger partial charge in [0.15, 0.2) is 6.61 Å². The third-order valence-corrected chi connectivity index (χ3v) is 4.50. The SMILES string of the molecule is CCOC(=O)COc1nsnc1N1CCN(Cc2ccccc2)CC1. The Morgan fingerprint density at radius 2 is 1.92 bits per heavy atom. The van der Waals surface area contributed by atoms with Gasteiger partial charge in [-0.25, -0.2) is 4.79 Å². The number of hydrogen-bond donors (Lipinski definition) is 0. The number of esters is 1. The maximum atomic E-state index is 11.4. The molecule has 1 saturated heterocycles. The van der Waals surface area contributed by atoms with Crippen molar-refractivity contribution in [3.05, 3.63) is 35.9 Å². The Balaban J connectivity index is 1.51. The molecule has 0 aliphatic carbocycles. The number of rotatable bonds is 7. The molecule has 3 rings (SSSR count). The highest BCUT2D eigenvalue weighted by molar-refractivity contribution is 6.99. The van der Waals surface area contributed by atoms with Crippen molar-refractivity contribution >= 4 is 23.5 Å². The summed E-state index contributed by atoms with van der Waals surface area (Å²) in [5.74, 6) is 0.734. The van der Waals surface area contributed by atoms with Crippen molar-refractivity contribution < 1.29 is 14.3 Å². The smallest absolute Gasteiger partial charge is 0.344 e. The minimum Gasteiger partial charge on any atom is -0.463 e. The maximum Gasteiger partial charge on any atom is 0.344 e. The third kappa shape index (κ3) is 4.90. The van der Waals surface area contributed by atoms with E-state index in [0.29, 0.717) is 18.3 Å². The number of piperazine rings is 1. The van der Waals surface area contributed by atoms with E-state index in [-0.39, 0.29) is 6.61 Å². The van der Waals surface area contributed by atoms with E-state index >= 15 is 0 Å². The summed E-state index contributed by atoms with van der Waals surface area (Å²) in [6, 6.07) is 10.5. The van der Waals surface area contributed by atoms with Gasteiger partial charge in [-0.2, -0.15) is 4.37 Å². The second-order valence-electron chi connectivity index (χ2n) is 5.74. The van der Waals surface area contributed by atoms with Crippen LogP contribution in [0, 0.1) is 0 Å². The zero-order valence-corrected chi connectivity index (χ0v) is 15.1. The quantitative estimate of drug-likeness (QED) is 0.696. The summed E-state index contributed by atoms with van der Waals surface area (Å²) in [4.78, 5) is 16.0. The van der Waals surface area contributed by atoms with Crippen molar-refractivity contribution in [3.8, 4) is 5.88 Å². The molecule has 1 aromatic heterocycles. The van der Waals surface area contributed by atoms with E-state index < -0.39 is 5.97 Å². The molecule has 1 aliphatic rings. The molecule has 1 aromatic carbocycles. The monoisotopic (exact) mass is 362 g/mol. The molecule has 25 heavy (non-hydrogen) atoms. The number of aromatic nitrogens is 2. The van der Waals surface area contributed by atoms with Crippen LogP contribution in [0.4, 0.5) is 5.82 Å². The summed E-state index contributed by atoms with van der Waals surface area (Å²) >= 11 is 1.10. The molecule has 0 amide bonds. The fraction of sp³-hybridized carbons (Fsp3) is 0.471. The average Bonchev–Trinajstić information content (AvgIpc) is 3.10. The van der Waals surface area contributed by atoms with Gasteiger partial charge in [-0.15, -0.1) is 4.37 Å². The summed E-state index contributed by atoms with van der Waals surface area (Å²) in [5.41, 5.74) is 1.32. The van der Waals surface area contributed by atoms with Crippen LogP contribution < -0.4 is 9.64 Å². The molecule has 0 atom stereocenters. The molecule has 0 N–H and O–H groups in total. The Hall–Kier alpha value is -2.19. The van der Waals surface area contributed by atoms with Crippen LogP contribution in [-0.4, -0.2) is 59.0 Å². The molecule has 2 aromatic rings. The molecular weight excluding hydrogens is 340 g/mol. The van der Waals surface area contributed by atoms with E-state index in [0.717, 1.165) is 44.5 Å². The van der Waals surface area contributed by atoms with Crippen molar-refractivity contribution in [1.82, 2.24) is 13.6 Å². The fourth-order valence-corrected chi connectivity index (χ4v) is 3.27. The van der Waals surface area contributed by atoms with Crippen LogP contribution in [0.2, 0.25) is 0 Å². The molecule has 0 spiro atoms. The van der Waals surface area contributed by atoms with Gasteiger partial charge < -0.3 is 14.4 Å². The van der Waals surface area contributed by atoms with Crippen LogP contribution >= 0.6 is 11.7 Å². The minimum atomic E-state index is -0.394. The molecule has 0 unspecified atom stereocenters.